The molecule has 0 fully saturated rings. The smallest absolute Gasteiger partial charge is 0.191 e. The summed E-state index contributed by atoms with van der Waals surface area (Å²) in [7, 11) is 0. The summed E-state index contributed by atoms with van der Waals surface area (Å²) >= 11 is 3.29. The first-order valence-electron chi connectivity index (χ1n) is 6.30. The molecule has 20 heavy (non-hydrogen) atoms. The van der Waals surface area contributed by atoms with E-state index in [9.17, 15) is 0 Å². The van der Waals surface area contributed by atoms with Crippen LogP contribution in [-0.4, -0.2) is 19.9 Å². The van der Waals surface area contributed by atoms with E-state index in [4.69, 9.17) is 4.52 Å². The molecule has 0 unspecified atom stereocenters. The Morgan fingerprint density at radius 3 is 2.95 bits per heavy atom. The maximum Gasteiger partial charge on any atom is 0.191 e. The number of hydrogen-bond acceptors (Lipinski definition) is 6. The van der Waals surface area contributed by atoms with E-state index >= 15 is 0 Å². The lowest BCUT2D eigenvalue weighted by molar-refractivity contribution is 0.391. The Labute approximate surface area is 125 Å². The highest BCUT2D eigenvalue weighted by Gasteiger charge is 2.14. The molecule has 3 aromatic heterocycles. The molecular weight excluding hydrogens is 292 g/mol. The number of aryl methyl sites for hydroxylation is 1. The standard InChI is InChI=1S/C13H14N4OS2/c1-3-17-12(11-5-4-6-19-11)14-15-13(17)20-8-10-7-9(2)16-18-10/h4-7H,3,8H2,1-2H3. The molecule has 7 heteroatoms. The molecule has 0 saturated heterocycles. The van der Waals surface area contributed by atoms with E-state index in [1.165, 1.54) is 0 Å². The number of thiophene rings is 1. The SMILES string of the molecule is CCn1c(SCc2cc(C)no2)nnc1-c1cccs1. The van der Waals surface area contributed by atoms with Gasteiger partial charge in [-0.05, 0) is 25.3 Å². The van der Waals surface area contributed by atoms with Crippen molar-refractivity contribution in [3.8, 4) is 10.7 Å². The molecule has 104 valence electrons. The van der Waals surface area contributed by atoms with Crippen LogP contribution in [0.2, 0.25) is 0 Å². The van der Waals surface area contributed by atoms with Gasteiger partial charge in [-0.3, -0.25) is 0 Å². The van der Waals surface area contributed by atoms with Crippen LogP contribution in [0.25, 0.3) is 10.7 Å². The van der Waals surface area contributed by atoms with Gasteiger partial charge in [0.1, 0.15) is 5.76 Å². The van der Waals surface area contributed by atoms with Gasteiger partial charge in [0.15, 0.2) is 11.0 Å². The zero-order chi connectivity index (χ0) is 13.9. The van der Waals surface area contributed by atoms with Crippen LogP contribution in [0, 0.1) is 6.92 Å². The van der Waals surface area contributed by atoms with Crippen molar-refractivity contribution >= 4 is 23.1 Å². The Kier molecular flexibility index (Phi) is 3.88. The molecular formula is C13H14N4OS2. The van der Waals surface area contributed by atoms with Gasteiger partial charge in [0.2, 0.25) is 0 Å². The van der Waals surface area contributed by atoms with Crippen molar-refractivity contribution in [1.82, 2.24) is 19.9 Å². The van der Waals surface area contributed by atoms with Gasteiger partial charge >= 0.3 is 0 Å². The van der Waals surface area contributed by atoms with Gasteiger partial charge in [0.05, 0.1) is 16.3 Å². The van der Waals surface area contributed by atoms with E-state index in [0.29, 0.717) is 5.75 Å². The maximum atomic E-state index is 5.21. The van der Waals surface area contributed by atoms with Gasteiger partial charge in [-0.25, -0.2) is 0 Å². The molecule has 3 aromatic rings. The van der Waals surface area contributed by atoms with Crippen molar-refractivity contribution in [1.29, 1.82) is 0 Å². The average molecular weight is 306 g/mol. The normalized spacial score (nSPS) is 11.1. The Morgan fingerprint density at radius 2 is 2.30 bits per heavy atom. The molecule has 0 radical (unpaired) electrons. The molecule has 3 rings (SSSR count). The first-order chi connectivity index (χ1) is 9.78. The van der Waals surface area contributed by atoms with Gasteiger partial charge in [-0.15, -0.1) is 21.5 Å². The highest BCUT2D eigenvalue weighted by Crippen LogP contribution is 2.28. The van der Waals surface area contributed by atoms with Crippen LogP contribution in [0.4, 0.5) is 0 Å². The largest absolute Gasteiger partial charge is 0.360 e. The van der Waals surface area contributed by atoms with Gasteiger partial charge in [0, 0.05) is 12.6 Å². The summed E-state index contributed by atoms with van der Waals surface area (Å²) in [5.74, 6) is 2.50. The fraction of sp³-hybridized carbons (Fsp3) is 0.308. The summed E-state index contributed by atoms with van der Waals surface area (Å²) in [6.45, 7) is 4.86. The molecule has 0 N–H and O–H groups in total. The summed E-state index contributed by atoms with van der Waals surface area (Å²) in [4.78, 5) is 1.14. The molecule has 0 atom stereocenters. The van der Waals surface area contributed by atoms with Crippen LogP contribution < -0.4 is 0 Å². The summed E-state index contributed by atoms with van der Waals surface area (Å²) < 4.78 is 7.34. The molecule has 0 aromatic carbocycles. The van der Waals surface area contributed by atoms with Gasteiger partial charge in [0.25, 0.3) is 0 Å². The van der Waals surface area contributed by atoms with Crippen molar-refractivity contribution in [3.05, 3.63) is 35.0 Å². The lowest BCUT2D eigenvalue weighted by Gasteiger charge is -2.04. The predicted molar refractivity (Wildman–Crippen MR) is 79.8 cm³/mol. The third-order valence-electron chi connectivity index (χ3n) is 2.79. The molecule has 5 nitrogen and oxygen atoms in total. The van der Waals surface area contributed by atoms with Crippen LogP contribution in [0.1, 0.15) is 18.4 Å². The zero-order valence-corrected chi connectivity index (χ0v) is 12.9. The van der Waals surface area contributed by atoms with E-state index in [2.05, 4.69) is 32.9 Å². The van der Waals surface area contributed by atoms with Crippen LogP contribution in [0.5, 0.6) is 0 Å². The first-order valence-corrected chi connectivity index (χ1v) is 8.16. The third-order valence-corrected chi connectivity index (χ3v) is 4.65. The maximum absolute atomic E-state index is 5.21. The van der Waals surface area contributed by atoms with Crippen LogP contribution in [0.15, 0.2) is 33.3 Å². The average Bonchev–Trinajstić information content (AvgIpc) is 3.16. The summed E-state index contributed by atoms with van der Waals surface area (Å²) in [5, 5.41) is 15.4. The van der Waals surface area contributed by atoms with E-state index in [0.717, 1.165) is 33.9 Å². The minimum Gasteiger partial charge on any atom is -0.360 e. The first kappa shape index (κ1) is 13.4. The lowest BCUT2D eigenvalue weighted by atomic mass is 10.4. The van der Waals surface area contributed by atoms with E-state index in [1.807, 2.05) is 24.4 Å². The zero-order valence-electron chi connectivity index (χ0n) is 11.2. The summed E-state index contributed by atoms with van der Waals surface area (Å²) in [6.07, 6.45) is 0. The second-order valence-electron chi connectivity index (χ2n) is 4.25. The highest BCUT2D eigenvalue weighted by molar-refractivity contribution is 7.98. The fourth-order valence-electron chi connectivity index (χ4n) is 1.89. The molecule has 3 heterocycles. The van der Waals surface area contributed by atoms with Gasteiger partial charge in [-0.1, -0.05) is 23.0 Å². The van der Waals surface area contributed by atoms with Crippen molar-refractivity contribution in [2.45, 2.75) is 31.3 Å². The second-order valence-corrected chi connectivity index (χ2v) is 6.14. The fourth-order valence-corrected chi connectivity index (χ4v) is 3.48. The lowest BCUT2D eigenvalue weighted by Crippen LogP contribution is -1.98. The van der Waals surface area contributed by atoms with Crippen LogP contribution >= 0.6 is 23.1 Å². The van der Waals surface area contributed by atoms with Crippen molar-refractivity contribution in [3.63, 3.8) is 0 Å². The summed E-state index contributed by atoms with van der Waals surface area (Å²) in [6, 6.07) is 6.04. The van der Waals surface area contributed by atoms with Gasteiger partial charge in [-0.2, -0.15) is 0 Å². The molecule has 0 bridgehead atoms. The predicted octanol–water partition coefficient (Wildman–Crippen LogP) is 3.62. The van der Waals surface area contributed by atoms with Crippen LogP contribution in [0.3, 0.4) is 0 Å². The van der Waals surface area contributed by atoms with Crippen molar-refractivity contribution in [2.75, 3.05) is 0 Å². The molecule has 0 saturated carbocycles. The number of hydrogen-bond donors (Lipinski definition) is 0. The number of aromatic nitrogens is 4. The van der Waals surface area contributed by atoms with Crippen molar-refractivity contribution in [2.24, 2.45) is 0 Å². The van der Waals surface area contributed by atoms with Crippen LogP contribution in [-0.2, 0) is 12.3 Å². The van der Waals surface area contributed by atoms with E-state index in [-0.39, 0.29) is 0 Å². The Balaban J connectivity index is 1.80. The monoisotopic (exact) mass is 306 g/mol. The van der Waals surface area contributed by atoms with Gasteiger partial charge < -0.3 is 9.09 Å². The Morgan fingerprint density at radius 1 is 1.40 bits per heavy atom. The second kappa shape index (κ2) is 5.80. The number of nitrogens with zero attached hydrogens (tertiary/aromatic N) is 4. The minimum atomic E-state index is 0.712. The molecule has 0 aliphatic carbocycles. The Bertz CT molecular complexity index is 687. The van der Waals surface area contributed by atoms with E-state index < -0.39 is 0 Å². The molecule has 0 aliphatic heterocycles. The molecule has 0 amide bonds. The Hall–Kier alpha value is -1.60. The third kappa shape index (κ3) is 2.64. The van der Waals surface area contributed by atoms with Crippen molar-refractivity contribution < 1.29 is 4.52 Å². The van der Waals surface area contributed by atoms with E-state index in [1.54, 1.807) is 23.1 Å². The topological polar surface area (TPSA) is 56.7 Å². The molecule has 0 aliphatic rings. The number of thioether (sulfide) groups is 1. The minimum absolute atomic E-state index is 0.712. The number of rotatable bonds is 5. The quantitative estimate of drug-likeness (QED) is 0.674. The molecule has 0 spiro atoms. The summed E-state index contributed by atoms with van der Waals surface area (Å²) in [5.41, 5.74) is 0.900. The highest BCUT2D eigenvalue weighted by atomic mass is 32.2.